The Labute approximate surface area is 92.2 Å². The molecule has 4 nitrogen and oxygen atoms in total. The lowest BCUT2D eigenvalue weighted by atomic mass is 10.2. The van der Waals surface area contributed by atoms with E-state index in [0.717, 1.165) is 13.0 Å². The summed E-state index contributed by atoms with van der Waals surface area (Å²) in [7, 11) is -2.82. The van der Waals surface area contributed by atoms with E-state index in [9.17, 15) is 13.5 Å². The fourth-order valence-electron chi connectivity index (χ4n) is 2.00. The molecule has 0 aromatic heterocycles. The Morgan fingerprint density at radius 3 is 2.53 bits per heavy atom. The molecule has 1 aliphatic heterocycles. The molecule has 1 rings (SSSR count). The molecule has 0 spiro atoms. The van der Waals surface area contributed by atoms with Crippen LogP contribution in [0.4, 0.5) is 0 Å². The molecule has 1 aliphatic rings. The predicted molar refractivity (Wildman–Crippen MR) is 60.6 cm³/mol. The monoisotopic (exact) mass is 235 g/mol. The van der Waals surface area contributed by atoms with Crippen molar-refractivity contribution < 1.29 is 13.5 Å². The Balaban J connectivity index is 2.53. The van der Waals surface area contributed by atoms with E-state index < -0.39 is 9.84 Å². The van der Waals surface area contributed by atoms with Gasteiger partial charge >= 0.3 is 0 Å². The largest absolute Gasteiger partial charge is 0.392 e. The number of rotatable bonds is 5. The summed E-state index contributed by atoms with van der Waals surface area (Å²) in [6, 6.07) is 0.112. The third-order valence-corrected chi connectivity index (χ3v) is 4.80. The first kappa shape index (κ1) is 12.9. The van der Waals surface area contributed by atoms with Gasteiger partial charge in [0.05, 0.1) is 17.6 Å². The summed E-state index contributed by atoms with van der Waals surface area (Å²) >= 11 is 0. The zero-order chi connectivity index (χ0) is 11.5. The maximum absolute atomic E-state index is 11.3. The van der Waals surface area contributed by atoms with Crippen LogP contribution in [0.1, 0.15) is 26.7 Å². The van der Waals surface area contributed by atoms with Crippen LogP contribution >= 0.6 is 0 Å². The van der Waals surface area contributed by atoms with Gasteiger partial charge in [-0.05, 0) is 19.4 Å². The van der Waals surface area contributed by atoms with Gasteiger partial charge in [-0.1, -0.05) is 13.8 Å². The second-order valence-corrected chi connectivity index (χ2v) is 6.44. The van der Waals surface area contributed by atoms with Crippen molar-refractivity contribution in [2.24, 2.45) is 0 Å². The minimum Gasteiger partial charge on any atom is -0.392 e. The van der Waals surface area contributed by atoms with E-state index in [1.807, 2.05) is 13.8 Å². The summed E-state index contributed by atoms with van der Waals surface area (Å²) in [5, 5.41) is 9.56. The first-order valence-corrected chi connectivity index (χ1v) is 7.43. The molecule has 1 fully saturated rings. The van der Waals surface area contributed by atoms with Crippen LogP contribution in [0, 0.1) is 0 Å². The molecule has 0 aromatic rings. The highest BCUT2D eigenvalue weighted by Crippen LogP contribution is 2.18. The lowest BCUT2D eigenvalue weighted by Gasteiger charge is -2.28. The fraction of sp³-hybridized carbons (Fsp3) is 1.00. The first-order chi connectivity index (χ1) is 6.98. The van der Waals surface area contributed by atoms with Crippen molar-refractivity contribution in [3.63, 3.8) is 0 Å². The lowest BCUT2D eigenvalue weighted by molar-refractivity contribution is 0.0934. The summed E-state index contributed by atoms with van der Waals surface area (Å²) in [5.74, 6) is 0.563. The van der Waals surface area contributed by atoms with Crippen molar-refractivity contribution in [3.8, 4) is 0 Å². The van der Waals surface area contributed by atoms with E-state index in [1.54, 1.807) is 0 Å². The van der Waals surface area contributed by atoms with Crippen LogP contribution < -0.4 is 0 Å². The van der Waals surface area contributed by atoms with Gasteiger partial charge in [-0.2, -0.15) is 0 Å². The molecule has 0 amide bonds. The zero-order valence-corrected chi connectivity index (χ0v) is 10.3. The van der Waals surface area contributed by atoms with Crippen molar-refractivity contribution in [3.05, 3.63) is 0 Å². The highest BCUT2D eigenvalue weighted by Gasteiger charge is 2.31. The maximum Gasteiger partial charge on any atom is 0.151 e. The van der Waals surface area contributed by atoms with Crippen LogP contribution in [-0.2, 0) is 9.84 Å². The maximum atomic E-state index is 11.3. The topological polar surface area (TPSA) is 57.6 Å². The Bertz CT molecular complexity index is 289. The Morgan fingerprint density at radius 1 is 1.47 bits per heavy atom. The van der Waals surface area contributed by atoms with E-state index in [4.69, 9.17) is 0 Å². The third kappa shape index (κ3) is 3.74. The highest BCUT2D eigenvalue weighted by molar-refractivity contribution is 7.91. The molecule has 90 valence electrons. The number of hydrogen-bond acceptors (Lipinski definition) is 4. The minimum absolute atomic E-state index is 0.112. The average molecular weight is 235 g/mol. The van der Waals surface area contributed by atoms with Crippen LogP contribution in [0.2, 0.25) is 0 Å². The molecule has 2 atom stereocenters. The SMILES string of the molecule is CC[C@@H](O)CN(CC)C1CCS(=O)(=O)C1. The van der Waals surface area contributed by atoms with Crippen LogP contribution in [-0.4, -0.2) is 55.2 Å². The molecule has 1 saturated heterocycles. The zero-order valence-electron chi connectivity index (χ0n) is 9.52. The Morgan fingerprint density at radius 2 is 2.13 bits per heavy atom. The number of likely N-dealkylation sites (N-methyl/N-ethyl adjacent to an activating group) is 1. The molecule has 1 N–H and O–H groups in total. The van der Waals surface area contributed by atoms with Crippen LogP contribution in [0.25, 0.3) is 0 Å². The van der Waals surface area contributed by atoms with Crippen molar-refractivity contribution >= 4 is 9.84 Å². The first-order valence-electron chi connectivity index (χ1n) is 5.61. The van der Waals surface area contributed by atoms with Gasteiger partial charge in [0, 0.05) is 12.6 Å². The van der Waals surface area contributed by atoms with Gasteiger partial charge in [0.15, 0.2) is 9.84 Å². The van der Waals surface area contributed by atoms with Crippen molar-refractivity contribution in [2.45, 2.75) is 38.8 Å². The molecule has 1 unspecified atom stereocenters. The molecular formula is C10H21NO3S. The summed E-state index contributed by atoms with van der Waals surface area (Å²) < 4.78 is 22.7. The van der Waals surface area contributed by atoms with Gasteiger partial charge in [0.1, 0.15) is 0 Å². The van der Waals surface area contributed by atoms with Gasteiger partial charge < -0.3 is 5.11 Å². The van der Waals surface area contributed by atoms with E-state index in [0.29, 0.717) is 18.7 Å². The minimum atomic E-state index is -2.82. The molecule has 0 bridgehead atoms. The fourth-order valence-corrected chi connectivity index (χ4v) is 3.76. The number of sulfone groups is 1. The van der Waals surface area contributed by atoms with E-state index >= 15 is 0 Å². The molecule has 0 aliphatic carbocycles. The third-order valence-electron chi connectivity index (χ3n) is 3.05. The van der Waals surface area contributed by atoms with Gasteiger partial charge in [0.2, 0.25) is 0 Å². The highest BCUT2D eigenvalue weighted by atomic mass is 32.2. The van der Waals surface area contributed by atoms with Gasteiger partial charge in [-0.15, -0.1) is 0 Å². The van der Waals surface area contributed by atoms with Crippen molar-refractivity contribution in [1.82, 2.24) is 4.90 Å². The van der Waals surface area contributed by atoms with Gasteiger partial charge in [0.25, 0.3) is 0 Å². The van der Waals surface area contributed by atoms with Crippen LogP contribution in [0.3, 0.4) is 0 Å². The van der Waals surface area contributed by atoms with E-state index in [1.165, 1.54) is 0 Å². The molecule has 15 heavy (non-hydrogen) atoms. The summed E-state index contributed by atoms with van der Waals surface area (Å²) in [5.41, 5.74) is 0. The smallest absolute Gasteiger partial charge is 0.151 e. The normalized spacial score (nSPS) is 27.1. The van der Waals surface area contributed by atoms with Gasteiger partial charge in [-0.3, -0.25) is 4.90 Å². The number of aliphatic hydroxyl groups is 1. The Kier molecular flexibility index (Phi) is 4.55. The molecular weight excluding hydrogens is 214 g/mol. The van der Waals surface area contributed by atoms with E-state index in [2.05, 4.69) is 4.90 Å². The quantitative estimate of drug-likeness (QED) is 0.743. The van der Waals surface area contributed by atoms with Crippen LogP contribution in [0.15, 0.2) is 0 Å². The van der Waals surface area contributed by atoms with Crippen LogP contribution in [0.5, 0.6) is 0 Å². The number of hydrogen-bond donors (Lipinski definition) is 1. The van der Waals surface area contributed by atoms with Crippen molar-refractivity contribution in [2.75, 3.05) is 24.6 Å². The average Bonchev–Trinajstić information content (AvgIpc) is 2.54. The predicted octanol–water partition coefficient (Wildman–Crippen LogP) is 0.266. The molecule has 1 heterocycles. The summed E-state index contributed by atoms with van der Waals surface area (Å²) in [6.07, 6.45) is 1.09. The second-order valence-electron chi connectivity index (χ2n) is 4.21. The van der Waals surface area contributed by atoms with E-state index in [-0.39, 0.29) is 17.9 Å². The summed E-state index contributed by atoms with van der Waals surface area (Å²) in [6.45, 7) is 5.33. The second kappa shape index (κ2) is 5.27. The summed E-state index contributed by atoms with van der Waals surface area (Å²) in [4.78, 5) is 2.08. The lowest BCUT2D eigenvalue weighted by Crippen LogP contribution is -2.41. The Hall–Kier alpha value is -0.130. The van der Waals surface area contributed by atoms with Gasteiger partial charge in [-0.25, -0.2) is 8.42 Å². The molecule has 0 radical (unpaired) electrons. The standard InChI is InChI=1S/C10H21NO3S/c1-3-10(12)7-11(4-2)9-5-6-15(13,14)8-9/h9-10,12H,3-8H2,1-2H3/t9?,10-/m1/s1. The number of aliphatic hydroxyl groups excluding tert-OH is 1. The van der Waals surface area contributed by atoms with Crippen molar-refractivity contribution in [1.29, 1.82) is 0 Å². The number of nitrogens with zero attached hydrogens (tertiary/aromatic N) is 1. The molecule has 0 aromatic carbocycles. The molecule has 5 heteroatoms. The molecule has 0 saturated carbocycles.